The van der Waals surface area contributed by atoms with Crippen LogP contribution >= 0.6 is 58.0 Å². The summed E-state index contributed by atoms with van der Waals surface area (Å²) in [5.74, 6) is -2.96. The summed E-state index contributed by atoms with van der Waals surface area (Å²) < 4.78 is -1.35. The number of rotatable bonds is 5. The van der Waals surface area contributed by atoms with E-state index < -0.39 is 39.4 Å². The first-order chi connectivity index (χ1) is 16.4. The monoisotopic (exact) mass is 576 g/mol. The molecule has 2 amide bonds. The highest BCUT2D eigenvalue weighted by molar-refractivity contribution is 6.53. The zero-order valence-electron chi connectivity index (χ0n) is 18.5. The van der Waals surface area contributed by atoms with Crippen LogP contribution in [0.2, 0.25) is 15.1 Å². The summed E-state index contributed by atoms with van der Waals surface area (Å²) in [5.41, 5.74) is 2.49. The quantitative estimate of drug-likeness (QED) is 0.297. The molecule has 11 heteroatoms. The molecule has 0 bridgehead atoms. The van der Waals surface area contributed by atoms with Crippen molar-refractivity contribution in [1.29, 1.82) is 0 Å². The molecule has 2 atom stereocenters. The zero-order chi connectivity index (χ0) is 25.5. The van der Waals surface area contributed by atoms with Gasteiger partial charge in [0.1, 0.15) is 4.33 Å². The van der Waals surface area contributed by atoms with E-state index in [9.17, 15) is 14.4 Å². The van der Waals surface area contributed by atoms with Gasteiger partial charge >= 0.3 is 5.97 Å². The molecule has 2 unspecified atom stereocenters. The Bertz CT molecular complexity index is 1180. The lowest BCUT2D eigenvalue weighted by molar-refractivity contribution is -0.160. The first kappa shape index (κ1) is 26.4. The highest BCUT2D eigenvalue weighted by atomic mass is 35.5. The molecule has 0 heterocycles. The average Bonchev–Trinajstić information content (AvgIpc) is 3.09. The molecule has 4 rings (SSSR count). The largest absolute Gasteiger partial charge is 0.340 e. The Kier molecular flexibility index (Phi) is 7.52. The Balaban J connectivity index is 1.43. The minimum atomic E-state index is -1.35. The van der Waals surface area contributed by atoms with E-state index in [4.69, 9.17) is 62.8 Å². The second-order valence-corrected chi connectivity index (χ2v) is 11.8. The maximum atomic E-state index is 13.0. The minimum absolute atomic E-state index is 0.0193. The Morgan fingerprint density at radius 2 is 1.60 bits per heavy atom. The van der Waals surface area contributed by atoms with Crippen molar-refractivity contribution < 1.29 is 19.2 Å². The van der Waals surface area contributed by atoms with Crippen molar-refractivity contribution in [1.82, 2.24) is 5.48 Å². The Morgan fingerprint density at radius 3 is 2.23 bits per heavy atom. The van der Waals surface area contributed by atoms with Crippen LogP contribution in [0.4, 0.5) is 5.69 Å². The van der Waals surface area contributed by atoms with Crippen molar-refractivity contribution >= 4 is 81.5 Å². The van der Waals surface area contributed by atoms with Crippen LogP contribution in [0.1, 0.15) is 54.4 Å². The molecule has 35 heavy (non-hydrogen) atoms. The van der Waals surface area contributed by atoms with Gasteiger partial charge < -0.3 is 10.2 Å². The van der Waals surface area contributed by atoms with Gasteiger partial charge in [-0.15, -0.1) is 23.2 Å². The normalized spacial score (nSPS) is 21.8. The van der Waals surface area contributed by atoms with Crippen molar-refractivity contribution in [3.8, 4) is 0 Å². The smallest absolute Gasteiger partial charge is 0.338 e. The maximum Gasteiger partial charge on any atom is 0.338 e. The molecule has 0 aromatic heterocycles. The van der Waals surface area contributed by atoms with Crippen molar-refractivity contribution in [2.45, 2.75) is 42.9 Å². The Hall–Kier alpha value is -1.70. The molecule has 2 aromatic carbocycles. The Morgan fingerprint density at radius 1 is 0.971 bits per heavy atom. The average molecular weight is 579 g/mol. The lowest BCUT2D eigenvalue weighted by Gasteiger charge is -2.20. The van der Waals surface area contributed by atoms with Gasteiger partial charge in [-0.05, 0) is 61.7 Å². The third-order valence-corrected chi connectivity index (χ3v) is 8.20. The molecule has 2 aliphatic carbocycles. The van der Waals surface area contributed by atoms with E-state index in [1.807, 2.05) is 6.92 Å². The molecule has 0 radical (unpaired) electrons. The number of nitrogens with one attached hydrogen (secondary N) is 2. The molecule has 2 aromatic rings. The number of hydrogen-bond donors (Lipinski definition) is 2. The number of benzene rings is 2. The predicted molar refractivity (Wildman–Crippen MR) is 137 cm³/mol. The van der Waals surface area contributed by atoms with E-state index in [1.165, 1.54) is 18.2 Å². The number of hydroxylamine groups is 1. The van der Waals surface area contributed by atoms with Gasteiger partial charge in [0.2, 0.25) is 5.91 Å². The van der Waals surface area contributed by atoms with Gasteiger partial charge in [0.15, 0.2) is 0 Å². The van der Waals surface area contributed by atoms with Crippen LogP contribution < -0.4 is 10.8 Å². The van der Waals surface area contributed by atoms with Gasteiger partial charge in [-0.1, -0.05) is 47.6 Å². The van der Waals surface area contributed by atoms with Gasteiger partial charge in [0, 0.05) is 21.7 Å². The molecule has 0 spiro atoms. The molecule has 2 N–H and O–H groups in total. The van der Waals surface area contributed by atoms with Gasteiger partial charge in [-0.3, -0.25) is 9.59 Å². The minimum Gasteiger partial charge on any atom is -0.340 e. The fourth-order valence-corrected chi connectivity index (χ4v) is 6.02. The van der Waals surface area contributed by atoms with Crippen LogP contribution in [0.15, 0.2) is 36.4 Å². The first-order valence-corrected chi connectivity index (χ1v) is 12.8. The van der Waals surface area contributed by atoms with Crippen molar-refractivity contribution in [3.05, 3.63) is 62.6 Å². The van der Waals surface area contributed by atoms with E-state index in [-0.39, 0.29) is 16.3 Å². The van der Waals surface area contributed by atoms with Crippen LogP contribution in [0.3, 0.4) is 0 Å². The van der Waals surface area contributed by atoms with E-state index in [0.717, 1.165) is 12.8 Å². The lowest BCUT2D eigenvalue weighted by atomic mass is 9.89. The third-order valence-electron chi connectivity index (χ3n) is 6.49. The number of amides is 2. The Labute approximate surface area is 227 Å². The standard InChI is InChI=1S/C24H21Cl5N2O4/c1-23(6-2-3-7-23)22(34)35-31-20(32)16-11-15(4-5-17(16)27)30-21(33)19-18(24(19,28)29)12-8-13(25)10-14(26)9-12/h4-5,8-11,18-19H,2-3,6-7H2,1H3,(H,30,33)(H,31,32). The van der Waals surface area contributed by atoms with E-state index in [2.05, 4.69) is 10.8 Å². The SMILES string of the molecule is CC1(C(=O)ONC(=O)c2cc(NC(=O)C3C(c4cc(Cl)cc(Cl)c4)C3(Cl)Cl)ccc2Cl)CCCC1. The number of halogens is 5. The first-order valence-electron chi connectivity index (χ1n) is 10.9. The van der Waals surface area contributed by atoms with Crippen LogP contribution in [-0.2, 0) is 14.4 Å². The van der Waals surface area contributed by atoms with E-state index in [1.54, 1.807) is 18.2 Å². The van der Waals surface area contributed by atoms with Crippen molar-refractivity contribution in [2.24, 2.45) is 11.3 Å². The summed E-state index contributed by atoms with van der Waals surface area (Å²) in [7, 11) is 0. The third kappa shape index (κ3) is 5.52. The summed E-state index contributed by atoms with van der Waals surface area (Å²) in [5, 5.41) is 3.63. The molecule has 0 aliphatic heterocycles. The molecular formula is C24H21Cl5N2O4. The molecule has 2 saturated carbocycles. The molecule has 2 aliphatic rings. The van der Waals surface area contributed by atoms with Gasteiger partial charge in [0.05, 0.1) is 21.9 Å². The number of hydrogen-bond acceptors (Lipinski definition) is 4. The highest BCUT2D eigenvalue weighted by Gasteiger charge is 2.67. The highest BCUT2D eigenvalue weighted by Crippen LogP contribution is 2.65. The van der Waals surface area contributed by atoms with Gasteiger partial charge in [-0.25, -0.2) is 4.79 Å². The number of alkyl halides is 2. The summed E-state index contributed by atoms with van der Waals surface area (Å²) in [6, 6.07) is 9.23. The van der Waals surface area contributed by atoms with Crippen LogP contribution in [0, 0.1) is 11.3 Å². The summed E-state index contributed by atoms with van der Waals surface area (Å²) in [4.78, 5) is 43.0. The lowest BCUT2D eigenvalue weighted by Crippen LogP contribution is -2.35. The van der Waals surface area contributed by atoms with Crippen molar-refractivity contribution in [3.63, 3.8) is 0 Å². The number of carbonyl (C=O) groups is 3. The summed E-state index contributed by atoms with van der Waals surface area (Å²) in [6.07, 6.45) is 3.28. The van der Waals surface area contributed by atoms with E-state index >= 15 is 0 Å². The molecule has 186 valence electrons. The molecule has 0 saturated heterocycles. The topological polar surface area (TPSA) is 84.5 Å². The molecule has 2 fully saturated rings. The zero-order valence-corrected chi connectivity index (χ0v) is 22.2. The second-order valence-electron chi connectivity index (χ2n) is 9.11. The predicted octanol–water partition coefficient (Wildman–Crippen LogP) is 6.94. The molecule has 6 nitrogen and oxygen atoms in total. The van der Waals surface area contributed by atoms with Crippen molar-refractivity contribution in [2.75, 3.05) is 5.32 Å². The van der Waals surface area contributed by atoms with Crippen LogP contribution in [-0.4, -0.2) is 22.1 Å². The fraction of sp³-hybridized carbons (Fsp3) is 0.375. The second kappa shape index (κ2) is 9.98. The summed E-state index contributed by atoms with van der Waals surface area (Å²) >= 11 is 31.1. The summed E-state index contributed by atoms with van der Waals surface area (Å²) in [6.45, 7) is 1.81. The number of carbonyl (C=O) groups excluding carboxylic acids is 3. The van der Waals surface area contributed by atoms with E-state index in [0.29, 0.717) is 28.5 Å². The maximum absolute atomic E-state index is 13.0. The number of anilines is 1. The van der Waals surface area contributed by atoms with Gasteiger partial charge in [-0.2, -0.15) is 5.48 Å². The fourth-order valence-electron chi connectivity index (χ4n) is 4.45. The molecular weight excluding hydrogens is 558 g/mol. The van der Waals surface area contributed by atoms with Crippen LogP contribution in [0.5, 0.6) is 0 Å². The van der Waals surface area contributed by atoms with Crippen LogP contribution in [0.25, 0.3) is 0 Å². The van der Waals surface area contributed by atoms with Gasteiger partial charge in [0.25, 0.3) is 5.91 Å².